The molecule has 5 rings (SSSR count). The monoisotopic (exact) mass is 1240 g/mol. The molecular weight excluding hydrogens is 1130 g/mol. The van der Waals surface area contributed by atoms with E-state index in [-0.39, 0.29) is 5.57 Å². The molecule has 0 saturated carbocycles. The standard InChI is InChI=1S/C81H116N2S4/c1-9-17-25-33-45-66-67(46-34-26-18-10-2)75(84-74(66)54-53-64-43-41-42-44-64)55-56-76-68(47-35-27-19-11-3)69(48-36-28-20-12-4)77(85-76)57-58-78-70(49-37-29-21-13-5)71(50-38-30-22-14-6)79(86-78)59-60-80-72(51-39-31-23-15-7)73(52-40-32-24-16-8)81(87-80)61-65(62-82)63-83/h41-43,53-61H,9-40,45-52H2,1-8H3/b54-53+,56-55+,58-57+,60-59+. The first kappa shape index (κ1) is 73.5. The predicted octanol–water partition coefficient (Wildman–Crippen LogP) is 27.5. The van der Waals surface area contributed by atoms with Crippen LogP contribution in [0.4, 0.5) is 0 Å². The maximum atomic E-state index is 10.00. The van der Waals surface area contributed by atoms with Gasteiger partial charge >= 0.3 is 0 Å². The van der Waals surface area contributed by atoms with Crippen molar-refractivity contribution < 1.29 is 0 Å². The van der Waals surface area contributed by atoms with Crippen molar-refractivity contribution in [2.24, 2.45) is 0 Å². The van der Waals surface area contributed by atoms with E-state index in [0.717, 1.165) is 62.7 Å². The van der Waals surface area contributed by atoms with Crippen LogP contribution in [0, 0.1) is 22.7 Å². The van der Waals surface area contributed by atoms with E-state index in [1.54, 1.807) is 33.4 Å². The van der Waals surface area contributed by atoms with Gasteiger partial charge in [0.2, 0.25) is 0 Å². The topological polar surface area (TPSA) is 47.6 Å². The van der Waals surface area contributed by atoms with Crippen molar-refractivity contribution >= 4 is 94.0 Å². The van der Waals surface area contributed by atoms with Crippen LogP contribution in [0.1, 0.15) is 344 Å². The molecule has 4 heterocycles. The van der Waals surface area contributed by atoms with Crippen LogP contribution >= 0.6 is 45.3 Å². The van der Waals surface area contributed by atoms with Gasteiger partial charge in [0.15, 0.2) is 0 Å². The first-order chi connectivity index (χ1) is 42.8. The Kier molecular flexibility index (Phi) is 38.1. The summed E-state index contributed by atoms with van der Waals surface area (Å²) < 4.78 is 0. The van der Waals surface area contributed by atoms with Crippen LogP contribution in [0.5, 0.6) is 0 Å². The number of hydrogen-bond donors (Lipinski definition) is 0. The summed E-state index contributed by atoms with van der Waals surface area (Å²) in [6, 6.07) is 4.40. The van der Waals surface area contributed by atoms with Gasteiger partial charge in [-0.25, -0.2) is 0 Å². The molecule has 0 unspecified atom stereocenters. The molecule has 4 aromatic heterocycles. The van der Waals surface area contributed by atoms with Gasteiger partial charge in [0.25, 0.3) is 0 Å². The van der Waals surface area contributed by atoms with Crippen molar-refractivity contribution in [2.75, 3.05) is 0 Å². The molecule has 4 aromatic rings. The van der Waals surface area contributed by atoms with E-state index in [0.29, 0.717) is 0 Å². The third kappa shape index (κ3) is 25.5. The zero-order valence-corrected chi connectivity index (χ0v) is 59.5. The Bertz CT molecular complexity index is 2920. The molecule has 0 saturated heterocycles. The van der Waals surface area contributed by atoms with Gasteiger partial charge in [0.05, 0.1) is 0 Å². The normalized spacial score (nSPS) is 12.4. The van der Waals surface area contributed by atoms with Crippen molar-refractivity contribution in [1.82, 2.24) is 0 Å². The quantitative estimate of drug-likeness (QED) is 0.0251. The Morgan fingerprint density at radius 2 is 0.529 bits per heavy atom. The molecule has 474 valence electrons. The molecule has 0 bridgehead atoms. The summed E-state index contributed by atoms with van der Waals surface area (Å²) >= 11 is 7.98. The Balaban J connectivity index is 1.72. The largest absolute Gasteiger partial charge is 0.192 e. The highest BCUT2D eigenvalue weighted by Crippen LogP contribution is 2.42. The maximum Gasteiger partial charge on any atom is 0.131 e. The summed E-state index contributed by atoms with van der Waals surface area (Å²) in [7, 11) is 0. The molecule has 0 N–H and O–H groups in total. The Morgan fingerprint density at radius 3 is 0.736 bits per heavy atom. The number of thiophene rings is 4. The van der Waals surface area contributed by atoms with Crippen LogP contribution in [0.15, 0.2) is 41.2 Å². The van der Waals surface area contributed by atoms with Crippen LogP contribution in [-0.4, -0.2) is 0 Å². The predicted molar refractivity (Wildman–Crippen MR) is 396 cm³/mol. The summed E-state index contributed by atoms with van der Waals surface area (Å²) in [5, 5.41) is 20.0. The van der Waals surface area contributed by atoms with E-state index in [2.05, 4.69) is 145 Å². The van der Waals surface area contributed by atoms with Crippen molar-refractivity contribution in [2.45, 2.75) is 312 Å². The van der Waals surface area contributed by atoms with Gasteiger partial charge in [-0.3, -0.25) is 0 Å². The first-order valence-electron chi connectivity index (χ1n) is 35.8. The van der Waals surface area contributed by atoms with Crippen LogP contribution in [0.3, 0.4) is 0 Å². The number of rotatable bonds is 49. The van der Waals surface area contributed by atoms with Crippen LogP contribution in [-0.2, 0) is 51.4 Å². The van der Waals surface area contributed by atoms with Crippen LogP contribution in [0.2, 0.25) is 0 Å². The lowest BCUT2D eigenvalue weighted by Crippen LogP contribution is -1.96. The molecule has 0 radical (unpaired) electrons. The van der Waals surface area contributed by atoms with E-state index in [9.17, 15) is 10.5 Å². The van der Waals surface area contributed by atoms with Crippen LogP contribution < -0.4 is 0 Å². The highest BCUT2D eigenvalue weighted by Gasteiger charge is 2.22. The summed E-state index contributed by atoms with van der Waals surface area (Å²) in [6.45, 7) is 18.6. The average Bonchev–Trinajstić information content (AvgIpc) is 2.05. The molecule has 0 fully saturated rings. The number of unbranched alkanes of at least 4 members (excludes halogenated alkanes) is 24. The van der Waals surface area contributed by atoms with Gasteiger partial charge in [-0.2, -0.15) is 10.5 Å². The fraction of sp³-hybridized carbons (Fsp3) is 0.593. The lowest BCUT2D eigenvalue weighted by molar-refractivity contribution is 0.651. The van der Waals surface area contributed by atoms with E-state index in [1.807, 2.05) is 46.2 Å². The highest BCUT2D eigenvalue weighted by atomic mass is 32.1. The molecule has 0 atom stereocenters. The number of hydrogen-bond acceptors (Lipinski definition) is 6. The van der Waals surface area contributed by atoms with Crippen molar-refractivity contribution in [3.63, 3.8) is 0 Å². The number of allylic oxidation sites excluding steroid dienone is 5. The zero-order chi connectivity index (χ0) is 62.1. The molecule has 0 spiro atoms. The molecule has 1 aliphatic carbocycles. The molecule has 2 nitrogen and oxygen atoms in total. The second-order valence-corrected chi connectivity index (χ2v) is 29.2. The molecular formula is C81H116N2S4. The first-order valence-corrected chi connectivity index (χ1v) is 39.0. The second-order valence-electron chi connectivity index (χ2n) is 24.9. The fourth-order valence-corrected chi connectivity index (χ4v) is 17.4. The van der Waals surface area contributed by atoms with Crippen molar-refractivity contribution in [3.8, 4) is 12.1 Å². The highest BCUT2D eigenvalue weighted by molar-refractivity contribution is 7.16. The molecule has 0 aliphatic heterocycles. The van der Waals surface area contributed by atoms with Gasteiger partial charge in [0.1, 0.15) is 17.7 Å². The lowest BCUT2D eigenvalue weighted by Gasteiger charge is -2.09. The minimum absolute atomic E-state index is 0.204. The van der Waals surface area contributed by atoms with Crippen molar-refractivity contribution in [1.29, 1.82) is 10.5 Å². The van der Waals surface area contributed by atoms with Crippen LogP contribution in [0.25, 0.3) is 48.6 Å². The van der Waals surface area contributed by atoms with E-state index in [1.165, 1.54) is 250 Å². The summed E-state index contributed by atoms with van der Waals surface area (Å²) in [6.07, 6.45) is 77.3. The zero-order valence-electron chi connectivity index (χ0n) is 56.2. The summed E-state index contributed by atoms with van der Waals surface area (Å²) in [5.74, 6) is 0. The van der Waals surface area contributed by atoms with Gasteiger partial charge in [-0.1, -0.05) is 216 Å². The SMILES string of the molecule is CCCCCCc1c(C=C(C#N)C#N)sc(/C=C/c2sc(/C=C/c3sc(/C=C/c4sc(/C=C/C5=C=CC=C5)c(CCCCCC)c4CCCCCC)c(CCCCCC)c3CCCCCC)c(CCCCCC)c2CCCCCC)c1CCCCCC. The molecule has 87 heavy (non-hydrogen) atoms. The molecule has 0 amide bonds. The fourth-order valence-electron chi connectivity index (χ4n) is 12.5. The smallest absolute Gasteiger partial charge is 0.131 e. The average molecular weight is 1250 g/mol. The molecule has 1 aliphatic rings. The van der Waals surface area contributed by atoms with Gasteiger partial charge in [-0.05, 0) is 214 Å². The maximum absolute atomic E-state index is 10.00. The minimum atomic E-state index is 0.204. The molecule has 0 aromatic carbocycles. The van der Waals surface area contributed by atoms with Gasteiger partial charge in [0, 0.05) is 44.6 Å². The van der Waals surface area contributed by atoms with Gasteiger partial charge in [-0.15, -0.1) is 51.1 Å². The third-order valence-corrected chi connectivity index (χ3v) is 22.5. The Labute approximate surface area is 549 Å². The van der Waals surface area contributed by atoms with E-state index >= 15 is 0 Å². The Morgan fingerprint density at radius 1 is 0.310 bits per heavy atom. The summed E-state index contributed by atoms with van der Waals surface area (Å²) in [4.78, 5) is 11.2. The number of nitriles is 2. The molecule has 6 heteroatoms. The third-order valence-electron chi connectivity index (χ3n) is 17.7. The number of nitrogens with zero attached hydrogens (tertiary/aromatic N) is 2. The second kappa shape index (κ2) is 45.1. The Hall–Kier alpha value is -4.26. The van der Waals surface area contributed by atoms with E-state index < -0.39 is 0 Å². The minimum Gasteiger partial charge on any atom is -0.192 e. The van der Waals surface area contributed by atoms with Gasteiger partial charge < -0.3 is 0 Å². The lowest BCUT2D eigenvalue weighted by atomic mass is 9.95. The van der Waals surface area contributed by atoms with Crippen molar-refractivity contribution in [3.05, 3.63) is 125 Å². The van der Waals surface area contributed by atoms with E-state index in [4.69, 9.17) is 0 Å². The summed E-state index contributed by atoms with van der Waals surface area (Å²) in [5.41, 5.74) is 17.3.